The van der Waals surface area contributed by atoms with Gasteiger partial charge in [-0.1, -0.05) is 6.92 Å². The third kappa shape index (κ3) is 2.80. The maximum absolute atomic E-state index is 9.08. The van der Waals surface area contributed by atoms with Crippen LogP contribution in [0.15, 0.2) is 11.4 Å². The lowest BCUT2D eigenvalue weighted by molar-refractivity contribution is 0.230. The molecule has 14 heavy (non-hydrogen) atoms. The quantitative estimate of drug-likeness (QED) is 0.787. The molecule has 0 saturated heterocycles. The molecule has 1 aromatic rings. The summed E-state index contributed by atoms with van der Waals surface area (Å²) in [5.41, 5.74) is 1.34. The maximum Gasteiger partial charge on any atom is 0.0584 e. The Bertz CT molecular complexity index is 268. The van der Waals surface area contributed by atoms with Crippen molar-refractivity contribution in [1.82, 2.24) is 5.32 Å². The van der Waals surface area contributed by atoms with E-state index in [1.807, 2.05) is 0 Å². The molecule has 80 valence electrons. The molecule has 1 rings (SSSR count). The first-order valence-electron chi connectivity index (χ1n) is 5.10. The van der Waals surface area contributed by atoms with Crippen LogP contribution in [-0.2, 0) is 0 Å². The lowest BCUT2D eigenvalue weighted by Crippen LogP contribution is -2.33. The number of rotatable bonds is 5. The molecule has 0 fully saturated rings. The number of aliphatic hydroxyl groups excluding tert-OH is 1. The van der Waals surface area contributed by atoms with E-state index in [-0.39, 0.29) is 12.6 Å². The molecular formula is C11H19NOS. The Morgan fingerprint density at radius 2 is 2.29 bits per heavy atom. The second-order valence-electron chi connectivity index (χ2n) is 3.64. The van der Waals surface area contributed by atoms with Crippen LogP contribution in [0.4, 0.5) is 0 Å². The topological polar surface area (TPSA) is 32.3 Å². The summed E-state index contributed by atoms with van der Waals surface area (Å²) in [7, 11) is 0. The summed E-state index contributed by atoms with van der Waals surface area (Å²) in [6, 6.07) is 2.69. The Kier molecular flexibility index (Phi) is 4.58. The zero-order valence-corrected chi connectivity index (χ0v) is 9.90. The molecule has 0 radical (unpaired) electrons. The first-order valence-corrected chi connectivity index (χ1v) is 5.97. The summed E-state index contributed by atoms with van der Waals surface area (Å²) in [4.78, 5) is 1.37. The van der Waals surface area contributed by atoms with Crippen molar-refractivity contribution in [2.24, 2.45) is 0 Å². The highest BCUT2D eigenvalue weighted by atomic mass is 32.1. The molecule has 2 N–H and O–H groups in total. The van der Waals surface area contributed by atoms with Crippen LogP contribution < -0.4 is 5.32 Å². The van der Waals surface area contributed by atoms with E-state index in [1.165, 1.54) is 10.4 Å². The normalized spacial score (nSPS) is 15.4. The van der Waals surface area contributed by atoms with Crippen LogP contribution in [0.3, 0.4) is 0 Å². The Balaban J connectivity index is 2.58. The van der Waals surface area contributed by atoms with Crippen molar-refractivity contribution in [3.8, 4) is 0 Å². The van der Waals surface area contributed by atoms with Crippen molar-refractivity contribution in [1.29, 1.82) is 0 Å². The number of aryl methyl sites for hydroxylation is 1. The highest BCUT2D eigenvalue weighted by Crippen LogP contribution is 2.23. The minimum Gasteiger partial charge on any atom is -0.395 e. The molecule has 2 nitrogen and oxygen atoms in total. The summed E-state index contributed by atoms with van der Waals surface area (Å²) in [6.45, 7) is 6.58. The maximum atomic E-state index is 9.08. The third-order valence-electron chi connectivity index (χ3n) is 2.49. The molecular weight excluding hydrogens is 194 g/mol. The molecule has 2 atom stereocenters. The predicted molar refractivity (Wildman–Crippen MR) is 61.8 cm³/mol. The fourth-order valence-corrected chi connectivity index (χ4v) is 2.50. The lowest BCUT2D eigenvalue weighted by Gasteiger charge is -2.20. The van der Waals surface area contributed by atoms with Gasteiger partial charge in [0, 0.05) is 17.0 Å². The summed E-state index contributed by atoms with van der Waals surface area (Å²) in [6.07, 6.45) is 0.964. The molecule has 0 bridgehead atoms. The lowest BCUT2D eigenvalue weighted by atomic mass is 10.1. The van der Waals surface area contributed by atoms with Gasteiger partial charge in [-0.05, 0) is 37.3 Å². The zero-order valence-electron chi connectivity index (χ0n) is 9.08. The molecule has 0 aliphatic rings. The van der Waals surface area contributed by atoms with Crippen molar-refractivity contribution in [2.75, 3.05) is 6.61 Å². The van der Waals surface area contributed by atoms with Gasteiger partial charge in [0.15, 0.2) is 0 Å². The molecule has 0 aliphatic heterocycles. The zero-order chi connectivity index (χ0) is 10.6. The van der Waals surface area contributed by atoms with Crippen LogP contribution in [0.5, 0.6) is 0 Å². The van der Waals surface area contributed by atoms with Crippen molar-refractivity contribution >= 4 is 11.3 Å². The van der Waals surface area contributed by atoms with Gasteiger partial charge in [0.05, 0.1) is 6.61 Å². The Morgan fingerprint density at radius 3 is 2.71 bits per heavy atom. The summed E-state index contributed by atoms with van der Waals surface area (Å²) < 4.78 is 0. The average Bonchev–Trinajstić information content (AvgIpc) is 2.60. The van der Waals surface area contributed by atoms with Gasteiger partial charge in [-0.2, -0.15) is 0 Å². The fraction of sp³-hybridized carbons (Fsp3) is 0.636. The predicted octanol–water partition coefficient (Wildman–Crippen LogP) is 2.48. The van der Waals surface area contributed by atoms with Crippen LogP contribution in [0.25, 0.3) is 0 Å². The molecule has 0 spiro atoms. The van der Waals surface area contributed by atoms with Crippen molar-refractivity contribution in [2.45, 2.75) is 39.3 Å². The Labute approximate surface area is 90.0 Å². The summed E-state index contributed by atoms with van der Waals surface area (Å²) in [5, 5.41) is 14.6. The number of nitrogens with one attached hydrogen (secondary N) is 1. The van der Waals surface area contributed by atoms with E-state index < -0.39 is 0 Å². The Hall–Kier alpha value is -0.380. The van der Waals surface area contributed by atoms with Crippen molar-refractivity contribution < 1.29 is 5.11 Å². The average molecular weight is 213 g/mol. The largest absolute Gasteiger partial charge is 0.395 e. The summed E-state index contributed by atoms with van der Waals surface area (Å²) in [5.74, 6) is 0. The smallest absolute Gasteiger partial charge is 0.0584 e. The van der Waals surface area contributed by atoms with E-state index >= 15 is 0 Å². The van der Waals surface area contributed by atoms with E-state index in [0.717, 1.165) is 6.42 Å². The standard InChI is InChI=1S/C11H19NOS/c1-4-10(7-13)12-9(3)11-8(2)5-6-14-11/h5-6,9-10,12-13H,4,7H2,1-3H3/t9-,10-/m0/s1. The molecule has 0 unspecified atom stereocenters. The SMILES string of the molecule is CC[C@@H](CO)N[C@@H](C)c1sccc1C. The fourth-order valence-electron chi connectivity index (χ4n) is 1.56. The minimum atomic E-state index is 0.214. The van der Waals surface area contributed by atoms with Gasteiger partial charge in [-0.3, -0.25) is 0 Å². The van der Waals surface area contributed by atoms with Gasteiger partial charge in [-0.25, -0.2) is 0 Å². The number of hydrogen-bond donors (Lipinski definition) is 2. The molecule has 1 heterocycles. The highest BCUT2D eigenvalue weighted by molar-refractivity contribution is 7.10. The number of thiophene rings is 1. The van der Waals surface area contributed by atoms with Crippen LogP contribution in [0.1, 0.15) is 36.8 Å². The van der Waals surface area contributed by atoms with Gasteiger partial charge in [-0.15, -0.1) is 11.3 Å². The van der Waals surface area contributed by atoms with E-state index in [2.05, 4.69) is 37.5 Å². The van der Waals surface area contributed by atoms with Crippen LogP contribution in [0, 0.1) is 6.92 Å². The highest BCUT2D eigenvalue weighted by Gasteiger charge is 2.13. The molecule has 0 aromatic carbocycles. The van der Waals surface area contributed by atoms with E-state index in [1.54, 1.807) is 11.3 Å². The number of hydrogen-bond acceptors (Lipinski definition) is 3. The van der Waals surface area contributed by atoms with Crippen LogP contribution >= 0.6 is 11.3 Å². The summed E-state index contributed by atoms with van der Waals surface area (Å²) >= 11 is 1.78. The molecule has 0 saturated carbocycles. The van der Waals surface area contributed by atoms with Crippen LogP contribution in [0.2, 0.25) is 0 Å². The minimum absolute atomic E-state index is 0.214. The molecule has 3 heteroatoms. The first kappa shape index (κ1) is 11.7. The molecule has 0 amide bonds. The van der Waals surface area contributed by atoms with Gasteiger partial charge in [0.25, 0.3) is 0 Å². The number of aliphatic hydroxyl groups is 1. The van der Waals surface area contributed by atoms with Gasteiger partial charge in [0.1, 0.15) is 0 Å². The van der Waals surface area contributed by atoms with Crippen molar-refractivity contribution in [3.05, 3.63) is 21.9 Å². The monoisotopic (exact) mass is 213 g/mol. The van der Waals surface area contributed by atoms with Gasteiger partial charge >= 0.3 is 0 Å². The van der Waals surface area contributed by atoms with Crippen molar-refractivity contribution in [3.63, 3.8) is 0 Å². The van der Waals surface area contributed by atoms with Crippen LogP contribution in [-0.4, -0.2) is 17.8 Å². The van der Waals surface area contributed by atoms with Gasteiger partial charge < -0.3 is 10.4 Å². The second kappa shape index (κ2) is 5.49. The van der Waals surface area contributed by atoms with Gasteiger partial charge in [0.2, 0.25) is 0 Å². The molecule has 1 aromatic heterocycles. The second-order valence-corrected chi connectivity index (χ2v) is 4.59. The van der Waals surface area contributed by atoms with E-state index in [9.17, 15) is 0 Å². The van der Waals surface area contributed by atoms with E-state index in [0.29, 0.717) is 6.04 Å². The third-order valence-corrected chi connectivity index (χ3v) is 3.70. The van der Waals surface area contributed by atoms with E-state index in [4.69, 9.17) is 5.11 Å². The first-order chi connectivity index (χ1) is 6.69. The molecule has 0 aliphatic carbocycles. The Morgan fingerprint density at radius 1 is 1.57 bits per heavy atom.